The van der Waals surface area contributed by atoms with Crippen LogP contribution < -0.4 is 9.44 Å². The Morgan fingerprint density at radius 1 is 0.645 bits per heavy atom. The Morgan fingerprint density at radius 2 is 1.19 bits per heavy atom. The van der Waals surface area contributed by atoms with E-state index in [2.05, 4.69) is 9.44 Å². The number of sulfonamides is 2. The molecule has 0 radical (unpaired) electrons. The molecular weight excluding hydrogens is 503 g/mol. The lowest BCUT2D eigenvalue weighted by molar-refractivity contribution is 0.599. The van der Waals surface area contributed by atoms with Gasteiger partial charge in [-0.1, -0.05) is 34.8 Å². The Bertz CT molecular complexity index is 1340. The second-order valence-electron chi connectivity index (χ2n) is 6.76. The van der Waals surface area contributed by atoms with Crippen LogP contribution in [0.3, 0.4) is 0 Å². The number of aryl methyl sites for hydroxylation is 2. The van der Waals surface area contributed by atoms with Crippen LogP contribution in [-0.4, -0.2) is 16.8 Å². The highest BCUT2D eigenvalue weighted by molar-refractivity contribution is 7.93. The molecule has 0 amide bonds. The minimum absolute atomic E-state index is 0.0648. The number of anilines is 2. The Labute approximate surface area is 196 Å². The summed E-state index contributed by atoms with van der Waals surface area (Å²) in [4.78, 5) is 0.0238. The summed E-state index contributed by atoms with van der Waals surface area (Å²) in [6, 6.07) is 12.7. The molecule has 164 valence electrons. The van der Waals surface area contributed by atoms with Gasteiger partial charge in [0.2, 0.25) is 0 Å². The summed E-state index contributed by atoms with van der Waals surface area (Å²) in [5.41, 5.74) is 1.53. The molecule has 0 heterocycles. The molecule has 0 spiro atoms. The molecule has 0 saturated carbocycles. The summed E-state index contributed by atoms with van der Waals surface area (Å²) in [6.07, 6.45) is 0. The number of halogens is 3. The maximum absolute atomic E-state index is 12.8. The van der Waals surface area contributed by atoms with Gasteiger partial charge in [-0.05, 0) is 79.6 Å². The van der Waals surface area contributed by atoms with E-state index < -0.39 is 20.0 Å². The summed E-state index contributed by atoms with van der Waals surface area (Å²) < 4.78 is 55.6. The van der Waals surface area contributed by atoms with Crippen molar-refractivity contribution in [3.63, 3.8) is 0 Å². The van der Waals surface area contributed by atoms with E-state index >= 15 is 0 Å². The minimum Gasteiger partial charge on any atom is -0.280 e. The van der Waals surface area contributed by atoms with Gasteiger partial charge in [0.05, 0.1) is 15.5 Å². The largest absolute Gasteiger partial charge is 0.280 e. The van der Waals surface area contributed by atoms with E-state index in [1.54, 1.807) is 19.9 Å². The van der Waals surface area contributed by atoms with E-state index in [1.807, 2.05) is 0 Å². The van der Waals surface area contributed by atoms with Crippen LogP contribution in [-0.2, 0) is 20.0 Å². The fourth-order valence-corrected chi connectivity index (χ4v) is 5.94. The van der Waals surface area contributed by atoms with Crippen LogP contribution in [0.2, 0.25) is 15.1 Å². The molecule has 0 bridgehead atoms. The van der Waals surface area contributed by atoms with E-state index in [9.17, 15) is 16.8 Å². The Balaban J connectivity index is 1.83. The third kappa shape index (κ3) is 5.64. The van der Waals surface area contributed by atoms with Gasteiger partial charge in [-0.3, -0.25) is 9.44 Å². The zero-order valence-corrected chi connectivity index (χ0v) is 20.2. The molecule has 0 unspecified atom stereocenters. The Hall–Kier alpha value is -1.97. The molecule has 11 heteroatoms. The molecule has 3 aromatic rings. The van der Waals surface area contributed by atoms with Gasteiger partial charge in [0.25, 0.3) is 20.0 Å². The highest BCUT2D eigenvalue weighted by Crippen LogP contribution is 2.27. The molecule has 2 N–H and O–H groups in total. The van der Waals surface area contributed by atoms with Crippen LogP contribution >= 0.6 is 34.8 Å². The first kappa shape index (κ1) is 23.7. The molecule has 3 aromatic carbocycles. The molecule has 31 heavy (non-hydrogen) atoms. The van der Waals surface area contributed by atoms with Crippen molar-refractivity contribution in [3.8, 4) is 0 Å². The lowest BCUT2D eigenvalue weighted by Gasteiger charge is -2.13. The molecule has 0 aliphatic carbocycles. The maximum atomic E-state index is 12.8. The third-order valence-corrected chi connectivity index (χ3v) is 8.04. The summed E-state index contributed by atoms with van der Waals surface area (Å²) in [7, 11) is -7.83. The third-order valence-electron chi connectivity index (χ3n) is 4.28. The second-order valence-corrected chi connectivity index (χ2v) is 11.4. The highest BCUT2D eigenvalue weighted by atomic mass is 35.5. The summed E-state index contributed by atoms with van der Waals surface area (Å²) in [5, 5.41) is 1.03. The average molecular weight is 520 g/mol. The van der Waals surface area contributed by atoms with Crippen LogP contribution in [0.4, 0.5) is 11.4 Å². The zero-order valence-electron chi connectivity index (χ0n) is 16.3. The molecule has 0 aliphatic rings. The molecule has 0 fully saturated rings. The van der Waals surface area contributed by atoms with Crippen molar-refractivity contribution >= 4 is 66.2 Å². The molecule has 0 saturated heterocycles. The first-order valence-electron chi connectivity index (χ1n) is 8.76. The second kappa shape index (κ2) is 8.88. The Morgan fingerprint density at radius 3 is 1.77 bits per heavy atom. The predicted molar refractivity (Wildman–Crippen MR) is 125 cm³/mol. The average Bonchev–Trinajstić information content (AvgIpc) is 2.63. The zero-order chi connectivity index (χ0) is 23.0. The van der Waals surface area contributed by atoms with Gasteiger partial charge in [0.1, 0.15) is 0 Å². The SMILES string of the molecule is Cc1cc(S(=O)(=O)Nc2ccc(S(=O)(=O)Nc3cc(Cl)cc(Cl)c3)cc2)c(C)cc1Cl. The number of rotatable bonds is 6. The smallest absolute Gasteiger partial charge is 0.262 e. The summed E-state index contributed by atoms with van der Waals surface area (Å²) in [6.45, 7) is 3.35. The van der Waals surface area contributed by atoms with Crippen molar-refractivity contribution in [2.24, 2.45) is 0 Å². The van der Waals surface area contributed by atoms with Crippen molar-refractivity contribution in [3.05, 3.63) is 80.8 Å². The van der Waals surface area contributed by atoms with Crippen molar-refractivity contribution in [2.75, 3.05) is 9.44 Å². The van der Waals surface area contributed by atoms with Crippen molar-refractivity contribution in [1.29, 1.82) is 0 Å². The normalized spacial score (nSPS) is 11.9. The first-order chi connectivity index (χ1) is 14.4. The minimum atomic E-state index is -3.94. The van der Waals surface area contributed by atoms with Gasteiger partial charge in [-0.25, -0.2) is 16.8 Å². The van der Waals surface area contributed by atoms with Gasteiger partial charge in [0, 0.05) is 20.8 Å². The highest BCUT2D eigenvalue weighted by Gasteiger charge is 2.20. The number of hydrogen-bond acceptors (Lipinski definition) is 4. The molecular formula is C20H17Cl3N2O4S2. The van der Waals surface area contributed by atoms with Crippen LogP contribution in [0.15, 0.2) is 64.4 Å². The fraction of sp³-hybridized carbons (Fsp3) is 0.100. The topological polar surface area (TPSA) is 92.3 Å². The van der Waals surface area contributed by atoms with Crippen LogP contribution in [0.1, 0.15) is 11.1 Å². The quantitative estimate of drug-likeness (QED) is 0.426. The maximum Gasteiger partial charge on any atom is 0.262 e. The van der Waals surface area contributed by atoms with E-state index in [0.717, 1.165) is 0 Å². The molecule has 6 nitrogen and oxygen atoms in total. The van der Waals surface area contributed by atoms with Gasteiger partial charge >= 0.3 is 0 Å². The van der Waals surface area contributed by atoms with E-state index in [-0.39, 0.29) is 31.2 Å². The van der Waals surface area contributed by atoms with E-state index in [0.29, 0.717) is 16.1 Å². The van der Waals surface area contributed by atoms with Gasteiger partial charge in [0.15, 0.2) is 0 Å². The van der Waals surface area contributed by atoms with E-state index in [4.69, 9.17) is 34.8 Å². The molecule has 0 aliphatic heterocycles. The van der Waals surface area contributed by atoms with Gasteiger partial charge in [-0.2, -0.15) is 0 Å². The number of hydrogen-bond donors (Lipinski definition) is 2. The van der Waals surface area contributed by atoms with Crippen molar-refractivity contribution in [2.45, 2.75) is 23.6 Å². The standard InChI is InChI=1S/C20H17Cl3N2O4S2/c1-12-8-20(13(2)7-19(12)23)31(28,29)24-16-3-5-18(6-4-16)30(26,27)25-17-10-14(21)9-15(22)11-17/h3-11,24-25H,1-2H3. The van der Waals surface area contributed by atoms with Crippen LogP contribution in [0, 0.1) is 13.8 Å². The number of nitrogens with one attached hydrogen (secondary N) is 2. The summed E-state index contributed by atoms with van der Waals surface area (Å²) >= 11 is 17.8. The monoisotopic (exact) mass is 518 g/mol. The molecule has 0 atom stereocenters. The number of benzene rings is 3. The Kier molecular flexibility index (Phi) is 6.78. The van der Waals surface area contributed by atoms with Gasteiger partial charge < -0.3 is 0 Å². The van der Waals surface area contributed by atoms with E-state index in [1.165, 1.54) is 48.5 Å². The predicted octanol–water partition coefficient (Wildman–Crippen LogP) is 5.87. The van der Waals surface area contributed by atoms with Crippen LogP contribution in [0.5, 0.6) is 0 Å². The van der Waals surface area contributed by atoms with Crippen molar-refractivity contribution < 1.29 is 16.8 Å². The summed E-state index contributed by atoms with van der Waals surface area (Å²) in [5.74, 6) is 0. The van der Waals surface area contributed by atoms with Crippen LogP contribution in [0.25, 0.3) is 0 Å². The van der Waals surface area contributed by atoms with Crippen molar-refractivity contribution in [1.82, 2.24) is 0 Å². The lowest BCUT2D eigenvalue weighted by Crippen LogP contribution is -2.15. The lowest BCUT2D eigenvalue weighted by atomic mass is 10.2. The fourth-order valence-electron chi connectivity index (χ4n) is 2.78. The molecule has 3 rings (SSSR count). The first-order valence-corrected chi connectivity index (χ1v) is 12.9. The van der Waals surface area contributed by atoms with Gasteiger partial charge in [-0.15, -0.1) is 0 Å². The molecule has 0 aromatic heterocycles.